The molecule has 1 amide bonds. The van der Waals surface area contributed by atoms with Gasteiger partial charge in [-0.2, -0.15) is 5.26 Å². The van der Waals surface area contributed by atoms with Crippen LogP contribution in [0.5, 0.6) is 0 Å². The molecular formula is C21H28N8OS. The lowest BCUT2D eigenvalue weighted by Gasteiger charge is -2.29. The van der Waals surface area contributed by atoms with E-state index in [1.165, 1.54) is 18.4 Å². The first kappa shape index (κ1) is 20.7. The molecule has 0 spiro atoms. The van der Waals surface area contributed by atoms with Crippen molar-refractivity contribution in [1.29, 1.82) is 5.26 Å². The number of hydrogen-bond acceptors (Lipinski definition) is 9. The molecule has 1 saturated carbocycles. The van der Waals surface area contributed by atoms with Crippen molar-refractivity contribution in [3.63, 3.8) is 0 Å². The Labute approximate surface area is 186 Å². The summed E-state index contributed by atoms with van der Waals surface area (Å²) >= 11 is 1.55. The highest BCUT2D eigenvalue weighted by Crippen LogP contribution is 2.49. The number of anilines is 2. The minimum absolute atomic E-state index is 0.0127. The van der Waals surface area contributed by atoms with Crippen molar-refractivity contribution in [2.24, 2.45) is 11.8 Å². The monoisotopic (exact) mass is 440 g/mol. The highest BCUT2D eigenvalue weighted by Gasteiger charge is 2.50. The summed E-state index contributed by atoms with van der Waals surface area (Å²) in [7, 11) is 2.14. The van der Waals surface area contributed by atoms with Gasteiger partial charge in [-0.1, -0.05) is 23.6 Å². The molecule has 0 radical (unpaired) electrons. The van der Waals surface area contributed by atoms with Crippen molar-refractivity contribution in [2.75, 3.05) is 43.7 Å². The Morgan fingerprint density at radius 1 is 1.35 bits per heavy atom. The normalized spacial score (nSPS) is 29.0. The van der Waals surface area contributed by atoms with Gasteiger partial charge in [-0.15, -0.1) is 0 Å². The van der Waals surface area contributed by atoms with Gasteiger partial charge in [0.15, 0.2) is 5.82 Å². The lowest BCUT2D eigenvalue weighted by Crippen LogP contribution is -2.39. The van der Waals surface area contributed by atoms with Gasteiger partial charge in [-0.25, -0.2) is 21.0 Å². The van der Waals surface area contributed by atoms with Gasteiger partial charge in [0.1, 0.15) is 11.3 Å². The van der Waals surface area contributed by atoms with Crippen LogP contribution in [0.1, 0.15) is 24.8 Å². The summed E-state index contributed by atoms with van der Waals surface area (Å²) in [5.41, 5.74) is 8.65. The molecule has 3 aliphatic heterocycles. The number of carbonyl (C=O) groups is 1. The molecule has 1 aliphatic carbocycles. The largest absolute Gasteiger partial charge is 0.324 e. The van der Waals surface area contributed by atoms with Crippen LogP contribution in [0.2, 0.25) is 0 Å². The zero-order chi connectivity index (χ0) is 21.4. The average Bonchev–Trinajstić information content (AvgIpc) is 3.29. The number of hydrogen-bond donors (Lipinski definition) is 4. The molecule has 5 rings (SSSR count). The van der Waals surface area contributed by atoms with Crippen LogP contribution in [0, 0.1) is 23.2 Å². The Kier molecular flexibility index (Phi) is 5.86. The van der Waals surface area contributed by atoms with Crippen LogP contribution in [0.15, 0.2) is 23.9 Å². The second-order valence-electron chi connectivity index (χ2n) is 8.69. The Balaban J connectivity index is 1.30. The van der Waals surface area contributed by atoms with E-state index in [2.05, 4.69) is 50.0 Å². The standard InChI is InChI=1S/C21H28N8OS/c1-28-8-4-14(5-9-28)18-17(13-2-3-13)19(31-27-18)21(30)26-16-10-15(11-22)20(23-12-16)29-24-6-7-25-29/h4,10,12-13,17-19,24-25,27H,2-3,5-9H2,1H3,(H,26,30). The summed E-state index contributed by atoms with van der Waals surface area (Å²) in [5.74, 6) is 1.41. The predicted molar refractivity (Wildman–Crippen MR) is 121 cm³/mol. The van der Waals surface area contributed by atoms with Gasteiger partial charge in [-0.05, 0) is 38.3 Å². The second kappa shape index (κ2) is 8.76. The fraction of sp³-hybridized carbons (Fsp3) is 0.571. The van der Waals surface area contributed by atoms with Gasteiger partial charge in [0, 0.05) is 38.1 Å². The number of hydrazine groups is 2. The van der Waals surface area contributed by atoms with E-state index in [9.17, 15) is 10.1 Å². The van der Waals surface area contributed by atoms with Crippen molar-refractivity contribution in [2.45, 2.75) is 30.6 Å². The number of rotatable bonds is 5. The van der Waals surface area contributed by atoms with Gasteiger partial charge in [-0.3, -0.25) is 9.52 Å². The first-order chi connectivity index (χ1) is 15.1. The maximum atomic E-state index is 13.2. The molecule has 9 nitrogen and oxygen atoms in total. The van der Waals surface area contributed by atoms with E-state index in [1.54, 1.807) is 29.3 Å². The smallest absolute Gasteiger partial charge is 0.239 e. The van der Waals surface area contributed by atoms with Crippen molar-refractivity contribution < 1.29 is 4.79 Å². The minimum Gasteiger partial charge on any atom is -0.324 e. The van der Waals surface area contributed by atoms with E-state index in [1.807, 2.05) is 0 Å². The van der Waals surface area contributed by atoms with Crippen molar-refractivity contribution in [3.8, 4) is 6.07 Å². The third-order valence-corrected chi connectivity index (χ3v) is 7.63. The van der Waals surface area contributed by atoms with Gasteiger partial charge >= 0.3 is 0 Å². The predicted octanol–water partition coefficient (Wildman–Crippen LogP) is 0.998. The maximum absolute atomic E-state index is 13.2. The van der Waals surface area contributed by atoms with Crippen molar-refractivity contribution >= 4 is 29.4 Å². The molecule has 4 heterocycles. The van der Waals surface area contributed by atoms with E-state index in [-0.39, 0.29) is 17.2 Å². The number of carbonyl (C=O) groups excluding carboxylic acids is 1. The molecule has 3 fully saturated rings. The summed E-state index contributed by atoms with van der Waals surface area (Å²) in [4.78, 5) is 20.0. The Bertz CT molecular complexity index is 920. The highest BCUT2D eigenvalue weighted by molar-refractivity contribution is 7.99. The zero-order valence-electron chi connectivity index (χ0n) is 17.6. The number of likely N-dealkylation sites (N-methyl/N-ethyl adjacent to an activating group) is 1. The number of aromatic nitrogens is 1. The first-order valence-electron chi connectivity index (χ1n) is 10.9. The molecule has 4 N–H and O–H groups in total. The van der Waals surface area contributed by atoms with Crippen LogP contribution in [-0.4, -0.2) is 60.3 Å². The van der Waals surface area contributed by atoms with Gasteiger partial charge in [0.2, 0.25) is 5.91 Å². The topological polar surface area (TPSA) is 108 Å². The third kappa shape index (κ3) is 4.29. The fourth-order valence-electron chi connectivity index (χ4n) is 4.64. The number of nitrogens with one attached hydrogen (secondary N) is 4. The summed E-state index contributed by atoms with van der Waals surface area (Å²) in [6.45, 7) is 3.58. The number of amides is 1. The molecular weight excluding hydrogens is 412 g/mol. The molecule has 1 aromatic rings. The molecule has 10 heteroatoms. The highest BCUT2D eigenvalue weighted by atomic mass is 32.2. The van der Waals surface area contributed by atoms with Crippen LogP contribution >= 0.6 is 11.9 Å². The maximum Gasteiger partial charge on any atom is 0.239 e. The van der Waals surface area contributed by atoms with Crippen LogP contribution in [0.25, 0.3) is 0 Å². The van der Waals surface area contributed by atoms with Crippen LogP contribution in [0.4, 0.5) is 11.5 Å². The van der Waals surface area contributed by atoms with E-state index in [4.69, 9.17) is 0 Å². The van der Waals surface area contributed by atoms with Crippen LogP contribution < -0.4 is 26.0 Å². The van der Waals surface area contributed by atoms with Crippen molar-refractivity contribution in [1.82, 2.24) is 25.5 Å². The van der Waals surface area contributed by atoms with Crippen molar-refractivity contribution in [3.05, 3.63) is 29.5 Å². The molecule has 1 aromatic heterocycles. The number of nitriles is 1. The summed E-state index contributed by atoms with van der Waals surface area (Å²) in [5, 5.41) is 14.1. The van der Waals surface area contributed by atoms with Crippen LogP contribution in [-0.2, 0) is 4.79 Å². The molecule has 0 bridgehead atoms. The Hall–Kier alpha value is -2.16. The molecule has 3 unspecified atom stereocenters. The molecule has 4 aliphatic rings. The zero-order valence-corrected chi connectivity index (χ0v) is 18.4. The lowest BCUT2D eigenvalue weighted by molar-refractivity contribution is -0.116. The summed E-state index contributed by atoms with van der Waals surface area (Å²) < 4.78 is 3.58. The molecule has 31 heavy (non-hydrogen) atoms. The molecule has 2 saturated heterocycles. The SMILES string of the molecule is CN1CC=C(C2NSC(C(=O)Nc3cnc(N4NCCN4)c(C#N)c3)C2C2CC2)CC1. The van der Waals surface area contributed by atoms with E-state index < -0.39 is 0 Å². The molecule has 0 aromatic carbocycles. The molecule has 3 atom stereocenters. The quantitative estimate of drug-likeness (QED) is 0.394. The third-order valence-electron chi connectivity index (χ3n) is 6.46. The Morgan fingerprint density at radius 2 is 2.16 bits per heavy atom. The average molecular weight is 441 g/mol. The van der Waals surface area contributed by atoms with E-state index in [0.717, 1.165) is 32.6 Å². The van der Waals surface area contributed by atoms with Gasteiger partial charge in [0.05, 0.1) is 17.4 Å². The number of nitrogens with zero attached hydrogens (tertiary/aromatic N) is 4. The molecule has 164 valence electrons. The first-order valence-corrected chi connectivity index (χ1v) is 11.8. The van der Waals surface area contributed by atoms with Gasteiger partial charge < -0.3 is 10.2 Å². The van der Waals surface area contributed by atoms with Crippen LogP contribution in [0.3, 0.4) is 0 Å². The summed E-state index contributed by atoms with van der Waals surface area (Å²) in [6.07, 6.45) is 7.41. The summed E-state index contributed by atoms with van der Waals surface area (Å²) in [6, 6.07) is 4.14. The van der Waals surface area contributed by atoms with Gasteiger partial charge in [0.25, 0.3) is 0 Å². The number of pyridine rings is 1. The fourth-order valence-corrected chi connectivity index (χ4v) is 5.94. The second-order valence-corrected chi connectivity index (χ2v) is 9.67. The van der Waals surface area contributed by atoms with E-state index >= 15 is 0 Å². The van der Waals surface area contributed by atoms with E-state index in [0.29, 0.717) is 28.9 Å². The lowest BCUT2D eigenvalue weighted by atomic mass is 9.84. The minimum atomic E-state index is -0.148. The Morgan fingerprint density at radius 3 is 2.84 bits per heavy atom.